The molecule has 0 aromatic heterocycles. The Morgan fingerprint density at radius 3 is 2.00 bits per heavy atom. The van der Waals surface area contributed by atoms with Gasteiger partial charge < -0.3 is 15.2 Å². The molecule has 2 N–H and O–H groups in total. The predicted octanol–water partition coefficient (Wildman–Crippen LogP) is 0.0209. The van der Waals surface area contributed by atoms with Crippen molar-refractivity contribution < 1.29 is 24.2 Å². The van der Waals surface area contributed by atoms with Crippen molar-refractivity contribution in [1.29, 1.82) is 0 Å². The molecular formula is C10H17NO5. The number of ether oxygens (including phenoxy) is 1. The Balaban J connectivity index is 4.39. The summed E-state index contributed by atoms with van der Waals surface area (Å²) < 4.78 is 4.50. The normalized spacial score (nSPS) is 15.8. The topological polar surface area (TPSA) is 92.7 Å². The van der Waals surface area contributed by atoms with Gasteiger partial charge in [0.15, 0.2) is 0 Å². The van der Waals surface area contributed by atoms with E-state index in [1.54, 1.807) is 13.8 Å². The second-order valence-electron chi connectivity index (χ2n) is 3.67. The minimum atomic E-state index is -1.12. The number of carbonyl (C=O) groups excluding carboxylic acids is 2. The summed E-state index contributed by atoms with van der Waals surface area (Å²) in [5.74, 6) is -3.33. The summed E-state index contributed by atoms with van der Waals surface area (Å²) in [6.07, 6.45) is 0. The van der Waals surface area contributed by atoms with Gasteiger partial charge in [-0.15, -0.1) is 0 Å². The molecule has 3 atom stereocenters. The van der Waals surface area contributed by atoms with Crippen LogP contribution in [0.15, 0.2) is 0 Å². The van der Waals surface area contributed by atoms with Gasteiger partial charge in [-0.2, -0.15) is 0 Å². The third-order valence-corrected chi connectivity index (χ3v) is 2.47. The zero-order valence-electron chi connectivity index (χ0n) is 9.81. The highest BCUT2D eigenvalue weighted by molar-refractivity contribution is 5.87. The number of amides is 1. The fourth-order valence-electron chi connectivity index (χ4n) is 1.02. The third kappa shape index (κ3) is 3.88. The first-order valence-electron chi connectivity index (χ1n) is 4.92. The largest absolute Gasteiger partial charge is 0.480 e. The molecule has 6 nitrogen and oxygen atoms in total. The van der Waals surface area contributed by atoms with E-state index < -0.39 is 35.7 Å². The van der Waals surface area contributed by atoms with Gasteiger partial charge in [0.2, 0.25) is 5.91 Å². The number of aliphatic carboxylic acids is 1. The Morgan fingerprint density at radius 1 is 1.12 bits per heavy atom. The van der Waals surface area contributed by atoms with E-state index in [0.717, 1.165) is 0 Å². The molecule has 16 heavy (non-hydrogen) atoms. The number of nitrogens with one attached hydrogen (secondary N) is 1. The molecule has 1 amide bonds. The smallest absolute Gasteiger partial charge is 0.325 e. The van der Waals surface area contributed by atoms with Crippen LogP contribution in [0.3, 0.4) is 0 Å². The SMILES string of the molecule is COC(=O)C(C)C(C)C(=O)N[C@@H](C)C(=O)O. The Kier molecular flexibility index (Phi) is 5.49. The van der Waals surface area contributed by atoms with Gasteiger partial charge in [0.1, 0.15) is 6.04 Å². The molecule has 0 aromatic carbocycles. The molecule has 0 aliphatic heterocycles. The average molecular weight is 231 g/mol. The zero-order chi connectivity index (χ0) is 12.9. The van der Waals surface area contributed by atoms with Crippen molar-refractivity contribution in [1.82, 2.24) is 5.32 Å². The molecule has 92 valence electrons. The van der Waals surface area contributed by atoms with Gasteiger partial charge in [-0.05, 0) is 6.92 Å². The lowest BCUT2D eigenvalue weighted by atomic mass is 9.95. The maximum atomic E-state index is 11.5. The van der Waals surface area contributed by atoms with Crippen LogP contribution >= 0.6 is 0 Å². The number of rotatable bonds is 5. The van der Waals surface area contributed by atoms with Crippen LogP contribution in [-0.4, -0.2) is 36.1 Å². The van der Waals surface area contributed by atoms with E-state index in [1.165, 1.54) is 14.0 Å². The van der Waals surface area contributed by atoms with Gasteiger partial charge in [-0.3, -0.25) is 14.4 Å². The van der Waals surface area contributed by atoms with E-state index in [2.05, 4.69) is 10.1 Å². The van der Waals surface area contributed by atoms with Crippen LogP contribution in [0.1, 0.15) is 20.8 Å². The van der Waals surface area contributed by atoms with Gasteiger partial charge in [0, 0.05) is 5.92 Å². The van der Waals surface area contributed by atoms with E-state index in [9.17, 15) is 14.4 Å². The van der Waals surface area contributed by atoms with E-state index in [0.29, 0.717) is 0 Å². The van der Waals surface area contributed by atoms with Gasteiger partial charge in [0.25, 0.3) is 0 Å². The van der Waals surface area contributed by atoms with Crippen LogP contribution in [0, 0.1) is 11.8 Å². The van der Waals surface area contributed by atoms with Crippen LogP contribution < -0.4 is 5.32 Å². The highest BCUT2D eigenvalue weighted by atomic mass is 16.5. The monoisotopic (exact) mass is 231 g/mol. The Bertz CT molecular complexity index is 289. The summed E-state index contributed by atoms with van der Waals surface area (Å²) in [7, 11) is 1.24. The minimum absolute atomic E-state index is 0.479. The Hall–Kier alpha value is -1.59. The molecule has 0 bridgehead atoms. The van der Waals surface area contributed by atoms with Crippen molar-refractivity contribution in [3.05, 3.63) is 0 Å². The number of esters is 1. The van der Waals surface area contributed by atoms with Crippen LogP contribution in [0.4, 0.5) is 0 Å². The lowest BCUT2D eigenvalue weighted by Gasteiger charge is -2.18. The first-order valence-corrected chi connectivity index (χ1v) is 4.92. The number of carboxylic acid groups (broad SMARTS) is 1. The molecule has 0 fully saturated rings. The highest BCUT2D eigenvalue weighted by Gasteiger charge is 2.28. The molecule has 0 aliphatic rings. The summed E-state index contributed by atoms with van der Waals surface area (Å²) in [4.78, 5) is 33.2. The van der Waals surface area contributed by atoms with Crippen molar-refractivity contribution in [3.63, 3.8) is 0 Å². The lowest BCUT2D eigenvalue weighted by molar-refractivity contribution is -0.149. The van der Waals surface area contributed by atoms with Gasteiger partial charge in [0.05, 0.1) is 13.0 Å². The number of hydrogen-bond acceptors (Lipinski definition) is 4. The first kappa shape index (κ1) is 14.4. The summed E-state index contributed by atoms with van der Waals surface area (Å²) in [6.45, 7) is 4.46. The molecule has 0 aliphatic carbocycles. The van der Waals surface area contributed by atoms with Crippen molar-refractivity contribution >= 4 is 17.8 Å². The number of carbonyl (C=O) groups is 3. The van der Waals surface area contributed by atoms with Gasteiger partial charge in [-0.25, -0.2) is 0 Å². The van der Waals surface area contributed by atoms with Crippen molar-refractivity contribution in [2.75, 3.05) is 7.11 Å². The molecule has 0 saturated carbocycles. The van der Waals surface area contributed by atoms with Crippen molar-refractivity contribution in [2.24, 2.45) is 11.8 Å². The van der Waals surface area contributed by atoms with Crippen molar-refractivity contribution in [3.8, 4) is 0 Å². The third-order valence-electron chi connectivity index (χ3n) is 2.47. The Labute approximate surface area is 94.0 Å². The molecule has 0 rings (SSSR count). The zero-order valence-corrected chi connectivity index (χ0v) is 9.81. The second-order valence-corrected chi connectivity index (χ2v) is 3.67. The maximum absolute atomic E-state index is 11.5. The molecule has 0 saturated heterocycles. The standard InChI is InChI=1S/C10H17NO5/c1-5(6(2)10(15)16-4)8(12)11-7(3)9(13)14/h5-7H,1-4H3,(H,11,12)(H,13,14)/t5?,6?,7-/m0/s1. The van der Waals surface area contributed by atoms with Crippen LogP contribution in [-0.2, 0) is 19.1 Å². The summed E-state index contributed by atoms with van der Waals surface area (Å²) in [5.41, 5.74) is 0. The number of carboxylic acids is 1. The summed E-state index contributed by atoms with van der Waals surface area (Å²) >= 11 is 0. The summed E-state index contributed by atoms with van der Waals surface area (Å²) in [6, 6.07) is -0.972. The average Bonchev–Trinajstić information content (AvgIpc) is 2.25. The van der Waals surface area contributed by atoms with E-state index in [1.807, 2.05) is 0 Å². The molecule has 0 aromatic rings. The lowest BCUT2D eigenvalue weighted by Crippen LogP contribution is -2.43. The van der Waals surface area contributed by atoms with Gasteiger partial charge in [-0.1, -0.05) is 13.8 Å². The molecule has 6 heteroatoms. The quantitative estimate of drug-likeness (QED) is 0.651. The van der Waals surface area contributed by atoms with E-state index in [4.69, 9.17) is 5.11 Å². The molecule has 2 unspecified atom stereocenters. The summed E-state index contributed by atoms with van der Waals surface area (Å²) in [5, 5.41) is 10.9. The maximum Gasteiger partial charge on any atom is 0.325 e. The van der Waals surface area contributed by atoms with Crippen LogP contribution in [0.25, 0.3) is 0 Å². The van der Waals surface area contributed by atoms with E-state index >= 15 is 0 Å². The first-order chi connectivity index (χ1) is 7.31. The molecule has 0 spiro atoms. The second kappa shape index (κ2) is 6.09. The highest BCUT2D eigenvalue weighted by Crippen LogP contribution is 2.12. The van der Waals surface area contributed by atoms with Crippen LogP contribution in [0.5, 0.6) is 0 Å². The molecule has 0 heterocycles. The fourth-order valence-corrected chi connectivity index (χ4v) is 1.02. The van der Waals surface area contributed by atoms with Crippen molar-refractivity contribution in [2.45, 2.75) is 26.8 Å². The molecular weight excluding hydrogens is 214 g/mol. The van der Waals surface area contributed by atoms with Gasteiger partial charge >= 0.3 is 11.9 Å². The number of hydrogen-bond donors (Lipinski definition) is 2. The van der Waals surface area contributed by atoms with Crippen LogP contribution in [0.2, 0.25) is 0 Å². The number of methoxy groups -OCH3 is 1. The van der Waals surface area contributed by atoms with E-state index in [-0.39, 0.29) is 0 Å². The predicted molar refractivity (Wildman–Crippen MR) is 55.6 cm³/mol. The Morgan fingerprint density at radius 2 is 1.62 bits per heavy atom. The molecule has 0 radical (unpaired) electrons. The minimum Gasteiger partial charge on any atom is -0.480 e. The fraction of sp³-hybridized carbons (Fsp3) is 0.700.